The lowest BCUT2D eigenvalue weighted by molar-refractivity contribution is -0.150. The fraction of sp³-hybridized carbons (Fsp3) is 0.579. The van der Waals surface area contributed by atoms with Crippen molar-refractivity contribution < 1.29 is 14.3 Å². The summed E-state index contributed by atoms with van der Waals surface area (Å²) in [5, 5.41) is 0. The summed E-state index contributed by atoms with van der Waals surface area (Å²) in [4.78, 5) is 29.3. The van der Waals surface area contributed by atoms with Crippen LogP contribution in [-0.2, 0) is 14.3 Å². The molecule has 2 aliphatic rings. The second-order valence-electron chi connectivity index (χ2n) is 6.62. The Morgan fingerprint density at radius 1 is 1.21 bits per heavy atom. The van der Waals surface area contributed by atoms with Crippen LogP contribution in [0.15, 0.2) is 24.3 Å². The average molecular weight is 330 g/mol. The van der Waals surface area contributed by atoms with Crippen LogP contribution in [0.1, 0.15) is 36.9 Å². The number of hydrogen-bond acceptors (Lipinski definition) is 3. The Labute approximate surface area is 143 Å². The first kappa shape index (κ1) is 17.0. The number of piperidine rings is 1. The van der Waals surface area contributed by atoms with Gasteiger partial charge in [-0.05, 0) is 25.8 Å². The molecular weight excluding hydrogens is 304 g/mol. The van der Waals surface area contributed by atoms with Gasteiger partial charge < -0.3 is 14.5 Å². The van der Waals surface area contributed by atoms with E-state index in [-0.39, 0.29) is 23.8 Å². The number of hydrogen-bond donors (Lipinski definition) is 0. The van der Waals surface area contributed by atoms with Crippen LogP contribution in [0, 0.1) is 12.8 Å². The molecule has 0 aliphatic carbocycles. The molecule has 2 heterocycles. The number of morpholine rings is 1. The maximum absolute atomic E-state index is 13.1. The largest absolute Gasteiger partial charge is 0.378 e. The van der Waals surface area contributed by atoms with Crippen LogP contribution in [-0.4, -0.2) is 54.5 Å². The molecule has 0 unspecified atom stereocenters. The van der Waals surface area contributed by atoms with Crippen molar-refractivity contribution in [3.8, 4) is 0 Å². The molecule has 5 heteroatoms. The zero-order valence-corrected chi connectivity index (χ0v) is 14.5. The van der Waals surface area contributed by atoms with Crippen LogP contribution < -0.4 is 0 Å². The molecule has 2 aliphatic heterocycles. The summed E-state index contributed by atoms with van der Waals surface area (Å²) in [6.45, 7) is 7.16. The third-order valence-corrected chi connectivity index (χ3v) is 5.11. The lowest BCUT2D eigenvalue weighted by atomic mass is 9.83. The second-order valence-corrected chi connectivity index (χ2v) is 6.62. The van der Waals surface area contributed by atoms with E-state index in [1.165, 1.54) is 5.56 Å². The summed E-state index contributed by atoms with van der Waals surface area (Å²) in [7, 11) is 0. The van der Waals surface area contributed by atoms with Gasteiger partial charge in [-0.15, -0.1) is 0 Å². The first-order valence-electron chi connectivity index (χ1n) is 8.84. The van der Waals surface area contributed by atoms with Gasteiger partial charge >= 0.3 is 0 Å². The summed E-state index contributed by atoms with van der Waals surface area (Å²) >= 11 is 0. The van der Waals surface area contributed by atoms with E-state index in [1.54, 1.807) is 0 Å². The third-order valence-electron chi connectivity index (χ3n) is 5.11. The normalized spacial score (nSPS) is 25.0. The predicted molar refractivity (Wildman–Crippen MR) is 91.4 cm³/mol. The Morgan fingerprint density at radius 3 is 2.50 bits per heavy atom. The Morgan fingerprint density at radius 2 is 1.88 bits per heavy atom. The minimum absolute atomic E-state index is 0.147. The maximum Gasteiger partial charge on any atom is 0.228 e. The molecule has 130 valence electrons. The van der Waals surface area contributed by atoms with Gasteiger partial charge in [0.25, 0.3) is 0 Å². The topological polar surface area (TPSA) is 49.9 Å². The number of carbonyl (C=O) groups is 2. The number of aryl methyl sites for hydroxylation is 1. The highest BCUT2D eigenvalue weighted by Crippen LogP contribution is 2.37. The lowest BCUT2D eigenvalue weighted by Gasteiger charge is -2.42. The Kier molecular flexibility index (Phi) is 5.19. The number of rotatable bonds is 3. The van der Waals surface area contributed by atoms with Crippen molar-refractivity contribution in [3.63, 3.8) is 0 Å². The molecule has 5 nitrogen and oxygen atoms in total. The van der Waals surface area contributed by atoms with Gasteiger partial charge in [-0.1, -0.05) is 29.8 Å². The monoisotopic (exact) mass is 330 g/mol. The van der Waals surface area contributed by atoms with E-state index in [1.807, 2.05) is 23.6 Å². The summed E-state index contributed by atoms with van der Waals surface area (Å²) in [5.41, 5.74) is 2.24. The quantitative estimate of drug-likeness (QED) is 0.853. The number of nitrogens with zero attached hydrogens (tertiary/aromatic N) is 2. The molecule has 0 aromatic heterocycles. The van der Waals surface area contributed by atoms with Crippen LogP contribution >= 0.6 is 0 Å². The molecule has 0 spiro atoms. The SMILES string of the molecule is CCN1C(=O)CC[C@@H](C(=O)N2CCOCC2)[C@@H]1c1ccc(C)cc1. The molecule has 2 amide bonds. The van der Waals surface area contributed by atoms with Gasteiger partial charge in [0.2, 0.25) is 11.8 Å². The Bertz CT molecular complexity index is 593. The van der Waals surface area contributed by atoms with Crippen molar-refractivity contribution in [1.29, 1.82) is 0 Å². The second kappa shape index (κ2) is 7.34. The fourth-order valence-electron chi connectivity index (χ4n) is 3.78. The van der Waals surface area contributed by atoms with E-state index in [4.69, 9.17) is 4.74 Å². The Hall–Kier alpha value is -1.88. The minimum atomic E-state index is -0.163. The summed E-state index contributed by atoms with van der Waals surface area (Å²) < 4.78 is 5.36. The van der Waals surface area contributed by atoms with Crippen LogP contribution in [0.2, 0.25) is 0 Å². The maximum atomic E-state index is 13.1. The van der Waals surface area contributed by atoms with E-state index < -0.39 is 0 Å². The molecule has 2 fully saturated rings. The van der Waals surface area contributed by atoms with Crippen LogP contribution in [0.3, 0.4) is 0 Å². The van der Waals surface area contributed by atoms with Crippen molar-refractivity contribution >= 4 is 11.8 Å². The van der Waals surface area contributed by atoms with E-state index >= 15 is 0 Å². The molecule has 1 aromatic carbocycles. The van der Waals surface area contributed by atoms with E-state index in [9.17, 15) is 9.59 Å². The van der Waals surface area contributed by atoms with Crippen LogP contribution in [0.4, 0.5) is 0 Å². The molecule has 0 N–H and O–H groups in total. The predicted octanol–water partition coefficient (Wildman–Crippen LogP) is 2.15. The zero-order valence-electron chi connectivity index (χ0n) is 14.5. The molecule has 1 aromatic rings. The van der Waals surface area contributed by atoms with Crippen molar-refractivity contribution in [2.75, 3.05) is 32.8 Å². The summed E-state index contributed by atoms with van der Waals surface area (Å²) in [6.07, 6.45) is 1.08. The van der Waals surface area contributed by atoms with Gasteiger partial charge in [0.05, 0.1) is 25.2 Å². The van der Waals surface area contributed by atoms with E-state index in [0.29, 0.717) is 45.7 Å². The van der Waals surface area contributed by atoms with Crippen molar-refractivity contribution in [3.05, 3.63) is 35.4 Å². The minimum Gasteiger partial charge on any atom is -0.378 e. The number of carbonyl (C=O) groups excluding carboxylic acids is 2. The fourth-order valence-corrected chi connectivity index (χ4v) is 3.78. The summed E-state index contributed by atoms with van der Waals surface area (Å²) in [6, 6.07) is 8.06. The van der Waals surface area contributed by atoms with Crippen molar-refractivity contribution in [2.45, 2.75) is 32.7 Å². The van der Waals surface area contributed by atoms with Gasteiger partial charge in [-0.25, -0.2) is 0 Å². The Balaban J connectivity index is 1.90. The zero-order chi connectivity index (χ0) is 17.1. The first-order valence-corrected chi connectivity index (χ1v) is 8.84. The average Bonchev–Trinajstić information content (AvgIpc) is 2.62. The van der Waals surface area contributed by atoms with E-state index in [0.717, 1.165) is 5.56 Å². The molecular formula is C19H26N2O3. The highest BCUT2D eigenvalue weighted by molar-refractivity contribution is 5.85. The summed E-state index contributed by atoms with van der Waals surface area (Å²) in [5.74, 6) is 0.146. The molecule has 3 rings (SSSR count). The molecule has 2 atom stereocenters. The van der Waals surface area contributed by atoms with E-state index in [2.05, 4.69) is 24.3 Å². The first-order chi connectivity index (χ1) is 11.6. The molecule has 2 saturated heterocycles. The molecule has 24 heavy (non-hydrogen) atoms. The molecule has 0 radical (unpaired) electrons. The molecule has 0 saturated carbocycles. The van der Waals surface area contributed by atoms with Gasteiger partial charge in [-0.2, -0.15) is 0 Å². The van der Waals surface area contributed by atoms with Crippen LogP contribution in [0.5, 0.6) is 0 Å². The highest BCUT2D eigenvalue weighted by atomic mass is 16.5. The smallest absolute Gasteiger partial charge is 0.228 e. The van der Waals surface area contributed by atoms with Gasteiger partial charge in [0, 0.05) is 26.1 Å². The number of amides is 2. The van der Waals surface area contributed by atoms with Gasteiger partial charge in [-0.3, -0.25) is 9.59 Å². The number of likely N-dealkylation sites (tertiary alicyclic amines) is 1. The lowest BCUT2D eigenvalue weighted by Crippen LogP contribution is -2.51. The van der Waals surface area contributed by atoms with Crippen molar-refractivity contribution in [1.82, 2.24) is 9.80 Å². The third kappa shape index (κ3) is 3.31. The van der Waals surface area contributed by atoms with Crippen molar-refractivity contribution in [2.24, 2.45) is 5.92 Å². The standard InChI is InChI=1S/C19H26N2O3/c1-3-21-17(22)9-8-16(19(23)20-10-12-24-13-11-20)18(21)15-6-4-14(2)5-7-15/h4-7,16,18H,3,8-13H2,1-2H3/t16-,18+/m1/s1. The number of ether oxygens (including phenoxy) is 1. The van der Waals surface area contributed by atoms with Gasteiger partial charge in [0.1, 0.15) is 0 Å². The van der Waals surface area contributed by atoms with Gasteiger partial charge in [0.15, 0.2) is 0 Å². The highest BCUT2D eigenvalue weighted by Gasteiger charge is 2.41. The number of benzene rings is 1. The van der Waals surface area contributed by atoms with Crippen LogP contribution in [0.25, 0.3) is 0 Å². The molecule has 0 bridgehead atoms.